The van der Waals surface area contributed by atoms with Gasteiger partial charge in [0, 0.05) is 0 Å². The van der Waals surface area contributed by atoms with Crippen molar-refractivity contribution >= 4 is 11.0 Å². The summed E-state index contributed by atoms with van der Waals surface area (Å²) >= 11 is 0. The zero-order valence-electron chi connectivity index (χ0n) is 9.48. The highest BCUT2D eigenvalue weighted by Gasteiger charge is 2.22. The molecule has 1 aromatic carbocycles. The van der Waals surface area contributed by atoms with Gasteiger partial charge in [-0.25, -0.2) is 0 Å². The van der Waals surface area contributed by atoms with Gasteiger partial charge in [0.05, 0.1) is 43.9 Å². The molecule has 0 unspecified atom stereocenters. The highest BCUT2D eigenvalue weighted by Crippen LogP contribution is 2.45. The van der Waals surface area contributed by atoms with E-state index in [1.807, 2.05) is 6.07 Å². The van der Waals surface area contributed by atoms with Crippen molar-refractivity contribution in [2.24, 2.45) is 0 Å². The van der Waals surface area contributed by atoms with Crippen molar-refractivity contribution in [1.29, 1.82) is 5.26 Å². The van der Waals surface area contributed by atoms with Crippen LogP contribution in [0, 0.1) is 11.3 Å². The molecule has 0 spiro atoms. The second-order valence-corrected chi connectivity index (χ2v) is 3.39. The molecule has 2 aromatic rings. The lowest BCUT2D eigenvalue weighted by Crippen LogP contribution is -1.95. The smallest absolute Gasteiger partial charge is 0.204 e. The molecule has 1 heterocycles. The average Bonchev–Trinajstić information content (AvgIpc) is 2.79. The topological polar surface area (TPSA) is 75.6 Å². The summed E-state index contributed by atoms with van der Waals surface area (Å²) in [5, 5.41) is 19.5. The first kappa shape index (κ1) is 11.1. The first-order chi connectivity index (χ1) is 8.24. The van der Waals surface area contributed by atoms with Gasteiger partial charge in [0.1, 0.15) is 5.75 Å². The molecular weight excluding hydrogens is 222 g/mol. The van der Waals surface area contributed by atoms with E-state index in [1.54, 1.807) is 6.07 Å². The largest absolute Gasteiger partial charge is 0.504 e. The molecule has 0 aliphatic rings. The normalized spacial score (nSPS) is 10.2. The second kappa shape index (κ2) is 4.26. The molecule has 0 radical (unpaired) electrons. The van der Waals surface area contributed by atoms with Gasteiger partial charge in [-0.2, -0.15) is 5.26 Å². The van der Waals surface area contributed by atoms with Crippen LogP contribution in [0.3, 0.4) is 0 Å². The Balaban J connectivity index is 2.86. The van der Waals surface area contributed by atoms with Crippen LogP contribution in [0.5, 0.6) is 17.2 Å². The molecule has 5 nitrogen and oxygen atoms in total. The molecule has 17 heavy (non-hydrogen) atoms. The monoisotopic (exact) mass is 233 g/mol. The van der Waals surface area contributed by atoms with Gasteiger partial charge in [0.15, 0.2) is 11.3 Å². The number of fused-ring (bicyclic) bond motifs is 1. The fourth-order valence-corrected chi connectivity index (χ4v) is 1.84. The number of methoxy groups -OCH3 is 2. The number of aromatic hydroxyl groups is 1. The third-order valence-electron chi connectivity index (χ3n) is 2.56. The lowest BCUT2D eigenvalue weighted by Gasteiger charge is -2.12. The summed E-state index contributed by atoms with van der Waals surface area (Å²) in [6.45, 7) is 0. The Labute approximate surface area is 97.8 Å². The number of nitrogens with zero attached hydrogens (tertiary/aromatic N) is 1. The van der Waals surface area contributed by atoms with Gasteiger partial charge >= 0.3 is 0 Å². The van der Waals surface area contributed by atoms with E-state index < -0.39 is 0 Å². The Kier molecular flexibility index (Phi) is 2.79. The number of hydrogen-bond donors (Lipinski definition) is 1. The summed E-state index contributed by atoms with van der Waals surface area (Å²) in [6, 6.07) is 3.69. The maximum absolute atomic E-state index is 10.0. The molecule has 0 saturated heterocycles. The van der Waals surface area contributed by atoms with Crippen LogP contribution in [0.4, 0.5) is 0 Å². The van der Waals surface area contributed by atoms with Crippen LogP contribution in [-0.4, -0.2) is 19.3 Å². The van der Waals surface area contributed by atoms with Gasteiger partial charge in [0.25, 0.3) is 0 Å². The first-order valence-electron chi connectivity index (χ1n) is 4.94. The molecule has 5 heteroatoms. The van der Waals surface area contributed by atoms with Crippen molar-refractivity contribution in [1.82, 2.24) is 0 Å². The maximum Gasteiger partial charge on any atom is 0.204 e. The molecule has 0 bridgehead atoms. The SMILES string of the molecule is COc1c(CC#N)c(O)c(OC)c2occc12. The molecule has 0 amide bonds. The fourth-order valence-electron chi connectivity index (χ4n) is 1.84. The van der Waals surface area contributed by atoms with E-state index in [4.69, 9.17) is 19.2 Å². The Morgan fingerprint density at radius 2 is 2.06 bits per heavy atom. The molecule has 0 fully saturated rings. The Bertz CT molecular complexity index is 595. The first-order valence-corrected chi connectivity index (χ1v) is 4.94. The summed E-state index contributed by atoms with van der Waals surface area (Å²) in [5.41, 5.74) is 0.810. The Morgan fingerprint density at radius 3 is 2.65 bits per heavy atom. The minimum Gasteiger partial charge on any atom is -0.504 e. The molecule has 0 aliphatic heterocycles. The lowest BCUT2D eigenvalue weighted by molar-refractivity contribution is 0.361. The molecule has 0 saturated carbocycles. The van der Waals surface area contributed by atoms with Gasteiger partial charge in [-0.1, -0.05) is 0 Å². The van der Waals surface area contributed by atoms with Crippen LogP contribution in [0.25, 0.3) is 11.0 Å². The van der Waals surface area contributed by atoms with Crippen LogP contribution in [0.1, 0.15) is 5.56 Å². The summed E-state index contributed by atoms with van der Waals surface area (Å²) in [6.07, 6.45) is 1.51. The van der Waals surface area contributed by atoms with Crippen LogP contribution >= 0.6 is 0 Å². The molecule has 0 atom stereocenters. The average molecular weight is 233 g/mol. The lowest BCUT2D eigenvalue weighted by atomic mass is 10.1. The van der Waals surface area contributed by atoms with Crippen LogP contribution in [0.15, 0.2) is 16.7 Å². The third kappa shape index (κ3) is 1.54. The Morgan fingerprint density at radius 1 is 1.35 bits per heavy atom. The van der Waals surface area contributed by atoms with E-state index in [-0.39, 0.29) is 17.9 Å². The summed E-state index contributed by atoms with van der Waals surface area (Å²) in [4.78, 5) is 0. The highest BCUT2D eigenvalue weighted by atomic mass is 16.5. The summed E-state index contributed by atoms with van der Waals surface area (Å²) < 4.78 is 15.6. The van der Waals surface area contributed by atoms with E-state index in [0.717, 1.165) is 0 Å². The molecule has 1 N–H and O–H groups in total. The zero-order valence-corrected chi connectivity index (χ0v) is 9.48. The number of ether oxygens (including phenoxy) is 2. The van der Waals surface area contributed by atoms with E-state index in [2.05, 4.69) is 0 Å². The molecule has 2 rings (SSSR count). The number of hydrogen-bond acceptors (Lipinski definition) is 5. The predicted octanol–water partition coefficient (Wildman–Crippen LogP) is 2.22. The third-order valence-corrected chi connectivity index (χ3v) is 2.56. The molecule has 88 valence electrons. The summed E-state index contributed by atoms with van der Waals surface area (Å²) in [5.74, 6) is 0.540. The van der Waals surface area contributed by atoms with Gasteiger partial charge in [-0.05, 0) is 6.07 Å². The van der Waals surface area contributed by atoms with Crippen molar-refractivity contribution in [3.63, 3.8) is 0 Å². The van der Waals surface area contributed by atoms with Crippen molar-refractivity contribution < 1.29 is 19.0 Å². The standard InChI is InChI=1S/C12H11NO4/c1-15-10-7(3-5-13)9(14)12(16-2)11-8(10)4-6-17-11/h4,6,14H,3H2,1-2H3. The van der Waals surface area contributed by atoms with Crippen molar-refractivity contribution in [3.05, 3.63) is 17.9 Å². The number of benzene rings is 1. The van der Waals surface area contributed by atoms with Crippen LogP contribution in [-0.2, 0) is 6.42 Å². The minimum atomic E-state index is -0.117. The van der Waals surface area contributed by atoms with Crippen LogP contribution < -0.4 is 9.47 Å². The highest BCUT2D eigenvalue weighted by molar-refractivity contribution is 5.93. The van der Waals surface area contributed by atoms with Gasteiger partial charge in [0.2, 0.25) is 5.75 Å². The van der Waals surface area contributed by atoms with Crippen molar-refractivity contribution in [2.45, 2.75) is 6.42 Å². The molecule has 1 aromatic heterocycles. The second-order valence-electron chi connectivity index (χ2n) is 3.39. The van der Waals surface area contributed by atoms with Gasteiger partial charge in [-0.15, -0.1) is 0 Å². The summed E-state index contributed by atoms with van der Waals surface area (Å²) in [7, 11) is 2.91. The maximum atomic E-state index is 10.0. The van der Waals surface area contributed by atoms with Gasteiger partial charge < -0.3 is 19.0 Å². The quantitative estimate of drug-likeness (QED) is 0.879. The van der Waals surface area contributed by atoms with Gasteiger partial charge in [-0.3, -0.25) is 0 Å². The van der Waals surface area contributed by atoms with Crippen molar-refractivity contribution in [2.75, 3.05) is 14.2 Å². The van der Waals surface area contributed by atoms with E-state index in [9.17, 15) is 5.11 Å². The zero-order chi connectivity index (χ0) is 12.4. The minimum absolute atomic E-state index is 0.0342. The van der Waals surface area contributed by atoms with E-state index in [1.165, 1.54) is 20.5 Å². The fraction of sp³-hybridized carbons (Fsp3) is 0.250. The number of phenolic OH excluding ortho intramolecular Hbond substituents is 1. The molecule has 0 aliphatic carbocycles. The number of phenols is 1. The van der Waals surface area contributed by atoms with Crippen molar-refractivity contribution in [3.8, 4) is 23.3 Å². The predicted molar refractivity (Wildman–Crippen MR) is 60.3 cm³/mol. The Hall–Kier alpha value is -2.35. The van der Waals surface area contributed by atoms with E-state index in [0.29, 0.717) is 22.3 Å². The number of furan rings is 1. The van der Waals surface area contributed by atoms with E-state index >= 15 is 0 Å². The molecular formula is C12H11NO4. The number of rotatable bonds is 3. The van der Waals surface area contributed by atoms with Crippen LogP contribution in [0.2, 0.25) is 0 Å². The number of nitriles is 1.